The van der Waals surface area contributed by atoms with Crippen molar-refractivity contribution in [3.63, 3.8) is 0 Å². The summed E-state index contributed by atoms with van der Waals surface area (Å²) in [5.74, 6) is 1.06. The Hall–Kier alpha value is -1.12. The predicted octanol–water partition coefficient (Wildman–Crippen LogP) is 2.63. The van der Waals surface area contributed by atoms with E-state index in [1.165, 1.54) is 6.33 Å². The molecule has 0 spiro atoms. The summed E-state index contributed by atoms with van der Waals surface area (Å²) < 4.78 is 5.21. The van der Waals surface area contributed by atoms with Crippen molar-refractivity contribution in [2.24, 2.45) is 5.41 Å². The zero-order valence-corrected chi connectivity index (χ0v) is 9.53. The van der Waals surface area contributed by atoms with Gasteiger partial charge in [0.25, 0.3) is 0 Å². The van der Waals surface area contributed by atoms with Gasteiger partial charge in [0.2, 0.25) is 5.88 Å². The second-order valence-corrected chi connectivity index (χ2v) is 4.58. The molecule has 1 aromatic rings. The molecule has 0 aliphatic heterocycles. The van der Waals surface area contributed by atoms with Gasteiger partial charge in [0.15, 0.2) is 0 Å². The van der Waals surface area contributed by atoms with Crippen LogP contribution in [-0.4, -0.2) is 17.1 Å². The van der Waals surface area contributed by atoms with Gasteiger partial charge in [-0.1, -0.05) is 27.7 Å². The summed E-state index contributed by atoms with van der Waals surface area (Å²) in [7, 11) is 1.64. The third-order valence-corrected chi connectivity index (χ3v) is 2.66. The maximum atomic E-state index is 5.21. The van der Waals surface area contributed by atoms with Crippen LogP contribution in [0.1, 0.15) is 39.2 Å². The van der Waals surface area contributed by atoms with Gasteiger partial charge >= 0.3 is 0 Å². The molecule has 0 fully saturated rings. The molecule has 0 bridgehead atoms. The van der Waals surface area contributed by atoms with E-state index in [2.05, 4.69) is 37.7 Å². The minimum atomic E-state index is 0.192. The van der Waals surface area contributed by atoms with E-state index in [1.54, 1.807) is 7.11 Å². The quantitative estimate of drug-likeness (QED) is 0.726. The zero-order chi connectivity index (χ0) is 10.8. The molecule has 0 amide bonds. The lowest BCUT2D eigenvalue weighted by molar-refractivity contribution is 0.319. The first-order chi connectivity index (χ1) is 6.46. The minimum Gasteiger partial charge on any atom is -0.481 e. The maximum absolute atomic E-state index is 5.21. The number of nitrogens with zero attached hydrogens (tertiary/aromatic N) is 2. The second kappa shape index (κ2) is 3.95. The maximum Gasteiger partial charge on any atom is 0.219 e. The van der Waals surface area contributed by atoms with Crippen molar-refractivity contribution >= 4 is 0 Å². The Morgan fingerprint density at radius 3 is 2.50 bits per heavy atom. The first-order valence-electron chi connectivity index (χ1n) is 4.80. The van der Waals surface area contributed by atoms with Gasteiger partial charge in [-0.3, -0.25) is 0 Å². The van der Waals surface area contributed by atoms with Gasteiger partial charge in [-0.25, -0.2) is 9.97 Å². The smallest absolute Gasteiger partial charge is 0.219 e. The average molecular weight is 194 g/mol. The highest BCUT2D eigenvalue weighted by molar-refractivity contribution is 5.27. The van der Waals surface area contributed by atoms with Crippen LogP contribution in [0.15, 0.2) is 12.5 Å². The van der Waals surface area contributed by atoms with Crippen LogP contribution >= 0.6 is 0 Å². The summed E-state index contributed by atoms with van der Waals surface area (Å²) in [6.07, 6.45) is 3.35. The summed E-state index contributed by atoms with van der Waals surface area (Å²) >= 11 is 0. The fraction of sp³-hybridized carbons (Fsp3) is 0.636. The van der Waals surface area contributed by atoms with Crippen molar-refractivity contribution < 1.29 is 4.74 Å². The largest absolute Gasteiger partial charge is 0.481 e. The van der Waals surface area contributed by atoms with Crippen LogP contribution in [0.25, 0.3) is 0 Å². The molecular formula is C11H18N2O. The first kappa shape index (κ1) is 11.0. The van der Waals surface area contributed by atoms with Crippen LogP contribution < -0.4 is 4.74 Å². The molecule has 0 radical (unpaired) electrons. The summed E-state index contributed by atoms with van der Waals surface area (Å²) in [6, 6.07) is 0. The van der Waals surface area contributed by atoms with Crippen molar-refractivity contribution in [1.82, 2.24) is 9.97 Å². The lowest BCUT2D eigenvalue weighted by atomic mass is 9.78. The van der Waals surface area contributed by atoms with Gasteiger partial charge in [0.05, 0.1) is 7.11 Å². The number of aromatic nitrogens is 2. The number of ether oxygens (including phenoxy) is 1. The molecule has 0 saturated carbocycles. The third kappa shape index (κ3) is 2.22. The van der Waals surface area contributed by atoms with Crippen molar-refractivity contribution in [2.75, 3.05) is 7.11 Å². The highest BCUT2D eigenvalue weighted by Gasteiger charge is 2.25. The Labute approximate surface area is 85.5 Å². The van der Waals surface area contributed by atoms with E-state index in [9.17, 15) is 0 Å². The van der Waals surface area contributed by atoms with E-state index in [1.807, 2.05) is 6.20 Å². The van der Waals surface area contributed by atoms with Crippen LogP contribution in [0.2, 0.25) is 0 Å². The summed E-state index contributed by atoms with van der Waals surface area (Å²) in [4.78, 5) is 8.14. The van der Waals surface area contributed by atoms with Crippen LogP contribution in [0, 0.1) is 5.41 Å². The average Bonchev–Trinajstić information content (AvgIpc) is 2.15. The molecule has 0 N–H and O–H groups in total. The van der Waals surface area contributed by atoms with Crippen molar-refractivity contribution in [1.29, 1.82) is 0 Å². The SMILES string of the molecule is COc1ncncc1C(C)C(C)(C)C. The van der Waals surface area contributed by atoms with Crippen LogP contribution in [0.4, 0.5) is 0 Å². The number of hydrogen-bond acceptors (Lipinski definition) is 3. The molecule has 0 aliphatic rings. The number of hydrogen-bond donors (Lipinski definition) is 0. The summed E-state index contributed by atoms with van der Waals surface area (Å²) in [6.45, 7) is 8.76. The van der Waals surface area contributed by atoms with Gasteiger partial charge in [-0.15, -0.1) is 0 Å². The Morgan fingerprint density at radius 2 is 2.00 bits per heavy atom. The van der Waals surface area contributed by atoms with E-state index in [4.69, 9.17) is 4.74 Å². The van der Waals surface area contributed by atoms with E-state index in [0.717, 1.165) is 5.56 Å². The van der Waals surface area contributed by atoms with E-state index in [-0.39, 0.29) is 5.41 Å². The molecule has 1 unspecified atom stereocenters. The Balaban J connectivity index is 3.06. The molecule has 1 heterocycles. The van der Waals surface area contributed by atoms with Gasteiger partial charge in [-0.05, 0) is 11.3 Å². The Morgan fingerprint density at radius 1 is 1.36 bits per heavy atom. The van der Waals surface area contributed by atoms with E-state index < -0.39 is 0 Å². The van der Waals surface area contributed by atoms with Gasteiger partial charge < -0.3 is 4.74 Å². The topological polar surface area (TPSA) is 35.0 Å². The molecule has 1 aromatic heterocycles. The molecular weight excluding hydrogens is 176 g/mol. The van der Waals surface area contributed by atoms with Gasteiger partial charge in [0, 0.05) is 11.8 Å². The second-order valence-electron chi connectivity index (χ2n) is 4.58. The Bertz CT molecular complexity index is 304. The van der Waals surface area contributed by atoms with Crippen LogP contribution in [0.5, 0.6) is 5.88 Å². The van der Waals surface area contributed by atoms with Crippen molar-refractivity contribution in [3.05, 3.63) is 18.1 Å². The minimum absolute atomic E-state index is 0.192. The fourth-order valence-corrected chi connectivity index (χ4v) is 1.26. The number of methoxy groups -OCH3 is 1. The summed E-state index contributed by atoms with van der Waals surface area (Å²) in [5.41, 5.74) is 1.26. The van der Waals surface area contributed by atoms with Crippen LogP contribution in [0.3, 0.4) is 0 Å². The molecule has 1 atom stereocenters. The van der Waals surface area contributed by atoms with Gasteiger partial charge in [0.1, 0.15) is 6.33 Å². The van der Waals surface area contributed by atoms with Crippen LogP contribution in [-0.2, 0) is 0 Å². The third-order valence-electron chi connectivity index (χ3n) is 2.66. The lowest BCUT2D eigenvalue weighted by Crippen LogP contribution is -2.16. The monoisotopic (exact) mass is 194 g/mol. The molecule has 3 heteroatoms. The predicted molar refractivity (Wildman–Crippen MR) is 56.5 cm³/mol. The highest BCUT2D eigenvalue weighted by Crippen LogP contribution is 2.37. The van der Waals surface area contributed by atoms with E-state index in [0.29, 0.717) is 11.8 Å². The number of rotatable bonds is 2. The molecule has 0 aliphatic carbocycles. The molecule has 0 saturated heterocycles. The highest BCUT2D eigenvalue weighted by atomic mass is 16.5. The molecule has 3 nitrogen and oxygen atoms in total. The Kier molecular flexibility index (Phi) is 3.09. The zero-order valence-electron chi connectivity index (χ0n) is 9.53. The van der Waals surface area contributed by atoms with E-state index >= 15 is 0 Å². The van der Waals surface area contributed by atoms with Crippen molar-refractivity contribution in [2.45, 2.75) is 33.6 Å². The molecule has 1 rings (SSSR count). The normalized spacial score (nSPS) is 13.8. The fourth-order valence-electron chi connectivity index (χ4n) is 1.26. The molecule has 0 aromatic carbocycles. The lowest BCUT2D eigenvalue weighted by Gasteiger charge is -2.27. The van der Waals surface area contributed by atoms with Gasteiger partial charge in [-0.2, -0.15) is 0 Å². The summed E-state index contributed by atoms with van der Waals surface area (Å²) in [5, 5.41) is 0. The molecule has 78 valence electrons. The first-order valence-corrected chi connectivity index (χ1v) is 4.80. The molecule has 14 heavy (non-hydrogen) atoms. The van der Waals surface area contributed by atoms with Crippen molar-refractivity contribution in [3.8, 4) is 5.88 Å². The standard InChI is InChI=1S/C11H18N2O/c1-8(11(2,3)4)9-6-12-7-13-10(9)14-5/h6-8H,1-5H3.